The lowest BCUT2D eigenvalue weighted by Crippen LogP contribution is -2.41. The highest BCUT2D eigenvalue weighted by Crippen LogP contribution is 2.32. The summed E-state index contributed by atoms with van der Waals surface area (Å²) in [5, 5.41) is 0.934. The molecule has 0 aromatic heterocycles. The van der Waals surface area contributed by atoms with Gasteiger partial charge in [-0.05, 0) is 42.8 Å². The standard InChI is InChI=1S/C17H15Cl2NO3S/c18-13-7-5-12(6-8-13)17(21)20(14-9-10-24(22,23)11-14)16-4-2-1-3-15(16)19/h1-8,14H,9-11H2. The van der Waals surface area contributed by atoms with Crippen molar-refractivity contribution in [3.05, 3.63) is 64.1 Å². The Morgan fingerprint density at radius 2 is 1.71 bits per heavy atom. The summed E-state index contributed by atoms with van der Waals surface area (Å²) in [5.41, 5.74) is 0.949. The lowest BCUT2D eigenvalue weighted by Gasteiger charge is -2.29. The van der Waals surface area contributed by atoms with Gasteiger partial charge in [-0.3, -0.25) is 4.79 Å². The van der Waals surface area contributed by atoms with Gasteiger partial charge in [0.15, 0.2) is 9.84 Å². The van der Waals surface area contributed by atoms with Crippen LogP contribution in [-0.4, -0.2) is 31.9 Å². The maximum Gasteiger partial charge on any atom is 0.258 e. The van der Waals surface area contributed by atoms with Gasteiger partial charge in [0, 0.05) is 10.6 Å². The van der Waals surface area contributed by atoms with Gasteiger partial charge in [0.05, 0.1) is 28.3 Å². The number of hydrogen-bond donors (Lipinski definition) is 0. The molecule has 1 unspecified atom stereocenters. The number of nitrogens with zero attached hydrogens (tertiary/aromatic N) is 1. The number of rotatable bonds is 3. The Labute approximate surface area is 150 Å². The number of carbonyl (C=O) groups excluding carboxylic acids is 1. The van der Waals surface area contributed by atoms with Gasteiger partial charge < -0.3 is 4.90 Å². The van der Waals surface area contributed by atoms with Gasteiger partial charge in [-0.25, -0.2) is 8.42 Å². The summed E-state index contributed by atoms with van der Waals surface area (Å²) in [4.78, 5) is 14.5. The Bertz CT molecular complexity index is 866. The molecule has 126 valence electrons. The molecule has 0 bridgehead atoms. The molecule has 0 N–H and O–H groups in total. The molecule has 1 heterocycles. The van der Waals surface area contributed by atoms with Crippen LogP contribution < -0.4 is 4.90 Å². The highest BCUT2D eigenvalue weighted by Gasteiger charge is 2.36. The van der Waals surface area contributed by atoms with Crippen molar-refractivity contribution in [2.75, 3.05) is 16.4 Å². The Morgan fingerprint density at radius 3 is 2.29 bits per heavy atom. The maximum atomic E-state index is 13.0. The molecule has 24 heavy (non-hydrogen) atoms. The molecular weight excluding hydrogens is 369 g/mol. The largest absolute Gasteiger partial charge is 0.303 e. The van der Waals surface area contributed by atoms with Crippen LogP contribution in [0.3, 0.4) is 0 Å². The van der Waals surface area contributed by atoms with Crippen molar-refractivity contribution in [2.45, 2.75) is 12.5 Å². The first-order valence-corrected chi connectivity index (χ1v) is 9.99. The average Bonchev–Trinajstić information content (AvgIpc) is 2.90. The van der Waals surface area contributed by atoms with Crippen LogP contribution >= 0.6 is 23.2 Å². The van der Waals surface area contributed by atoms with Gasteiger partial charge >= 0.3 is 0 Å². The van der Waals surface area contributed by atoms with Gasteiger partial charge in [0.25, 0.3) is 5.91 Å². The summed E-state index contributed by atoms with van der Waals surface area (Å²) in [6.07, 6.45) is 0.396. The number of halogens is 2. The summed E-state index contributed by atoms with van der Waals surface area (Å²) < 4.78 is 23.8. The van der Waals surface area contributed by atoms with E-state index >= 15 is 0 Å². The van der Waals surface area contributed by atoms with E-state index in [1.807, 2.05) is 0 Å². The lowest BCUT2D eigenvalue weighted by atomic mass is 10.1. The summed E-state index contributed by atoms with van der Waals surface area (Å²) in [6.45, 7) is 0. The molecule has 0 spiro atoms. The Hall–Kier alpha value is -1.56. The second kappa shape index (κ2) is 6.75. The third-order valence-corrected chi connectivity index (χ3v) is 6.32. The normalized spacial score (nSPS) is 19.2. The monoisotopic (exact) mass is 383 g/mol. The molecule has 7 heteroatoms. The summed E-state index contributed by atoms with van der Waals surface area (Å²) >= 11 is 12.1. The van der Waals surface area contributed by atoms with E-state index in [2.05, 4.69) is 0 Å². The van der Waals surface area contributed by atoms with Crippen molar-refractivity contribution < 1.29 is 13.2 Å². The average molecular weight is 384 g/mol. The molecule has 1 atom stereocenters. The van der Waals surface area contributed by atoms with Gasteiger partial charge in [-0.2, -0.15) is 0 Å². The Morgan fingerprint density at radius 1 is 1.04 bits per heavy atom. The van der Waals surface area contributed by atoms with Crippen molar-refractivity contribution in [3.8, 4) is 0 Å². The maximum absolute atomic E-state index is 13.0. The molecule has 2 aromatic carbocycles. The highest BCUT2D eigenvalue weighted by molar-refractivity contribution is 7.91. The fourth-order valence-electron chi connectivity index (χ4n) is 2.83. The van der Waals surface area contributed by atoms with Crippen molar-refractivity contribution in [2.24, 2.45) is 0 Å². The van der Waals surface area contributed by atoms with E-state index in [9.17, 15) is 13.2 Å². The minimum absolute atomic E-state index is 0.0580. The predicted molar refractivity (Wildman–Crippen MR) is 96.8 cm³/mol. The van der Waals surface area contributed by atoms with Crippen LogP contribution in [0, 0.1) is 0 Å². The molecule has 3 rings (SSSR count). The van der Waals surface area contributed by atoms with Crippen molar-refractivity contribution in [1.29, 1.82) is 0 Å². The molecule has 1 amide bonds. The Kier molecular flexibility index (Phi) is 4.85. The molecule has 0 aliphatic carbocycles. The summed E-state index contributed by atoms with van der Waals surface area (Å²) in [7, 11) is -3.14. The van der Waals surface area contributed by atoms with E-state index in [-0.39, 0.29) is 17.4 Å². The van der Waals surface area contributed by atoms with Crippen LogP contribution in [0.5, 0.6) is 0 Å². The SMILES string of the molecule is O=C(c1ccc(Cl)cc1)N(c1ccccc1Cl)C1CCS(=O)(=O)C1. The summed E-state index contributed by atoms with van der Waals surface area (Å²) in [5.74, 6) is -0.272. The van der Waals surface area contributed by atoms with Crippen LogP contribution in [0.4, 0.5) is 5.69 Å². The molecule has 0 saturated carbocycles. The topological polar surface area (TPSA) is 54.5 Å². The van der Waals surface area contributed by atoms with Gasteiger partial charge in [0.1, 0.15) is 0 Å². The van der Waals surface area contributed by atoms with E-state index < -0.39 is 15.9 Å². The number of anilines is 1. The third-order valence-electron chi connectivity index (χ3n) is 4.00. The zero-order valence-electron chi connectivity index (χ0n) is 12.7. The number of benzene rings is 2. The smallest absolute Gasteiger partial charge is 0.258 e. The van der Waals surface area contributed by atoms with Crippen LogP contribution in [0.15, 0.2) is 48.5 Å². The summed E-state index contributed by atoms with van der Waals surface area (Å²) in [6, 6.07) is 13.0. The molecule has 4 nitrogen and oxygen atoms in total. The van der Waals surface area contributed by atoms with E-state index in [0.29, 0.717) is 27.7 Å². The minimum Gasteiger partial charge on any atom is -0.303 e. The van der Waals surface area contributed by atoms with Crippen LogP contribution in [0.2, 0.25) is 10.0 Å². The lowest BCUT2D eigenvalue weighted by molar-refractivity contribution is 0.0979. The van der Waals surface area contributed by atoms with Crippen LogP contribution in [-0.2, 0) is 9.84 Å². The van der Waals surface area contributed by atoms with E-state index in [4.69, 9.17) is 23.2 Å². The van der Waals surface area contributed by atoms with Gasteiger partial charge in [-0.15, -0.1) is 0 Å². The van der Waals surface area contributed by atoms with E-state index in [0.717, 1.165) is 0 Å². The van der Waals surface area contributed by atoms with Crippen molar-refractivity contribution in [1.82, 2.24) is 0 Å². The molecule has 1 saturated heterocycles. The third kappa shape index (κ3) is 3.58. The fourth-order valence-corrected chi connectivity index (χ4v) is 4.88. The zero-order valence-corrected chi connectivity index (χ0v) is 15.0. The molecule has 1 fully saturated rings. The molecular formula is C17H15Cl2NO3S. The number of hydrogen-bond acceptors (Lipinski definition) is 3. The first-order chi connectivity index (χ1) is 11.4. The van der Waals surface area contributed by atoms with Gasteiger partial charge in [-0.1, -0.05) is 35.3 Å². The van der Waals surface area contributed by atoms with Crippen LogP contribution in [0.1, 0.15) is 16.8 Å². The fraction of sp³-hybridized carbons (Fsp3) is 0.235. The highest BCUT2D eigenvalue weighted by atomic mass is 35.5. The molecule has 1 aliphatic heterocycles. The predicted octanol–water partition coefficient (Wildman–Crippen LogP) is 3.83. The molecule has 1 aliphatic rings. The Balaban J connectivity index is 2.03. The second-order valence-corrected chi connectivity index (χ2v) is 8.76. The quantitative estimate of drug-likeness (QED) is 0.808. The van der Waals surface area contributed by atoms with Crippen molar-refractivity contribution >= 4 is 44.6 Å². The first kappa shape index (κ1) is 17.3. The van der Waals surface area contributed by atoms with E-state index in [1.54, 1.807) is 48.5 Å². The minimum atomic E-state index is -3.14. The second-order valence-electron chi connectivity index (χ2n) is 5.69. The van der Waals surface area contributed by atoms with Crippen molar-refractivity contribution in [3.63, 3.8) is 0 Å². The molecule has 0 radical (unpaired) electrons. The number of amides is 1. The van der Waals surface area contributed by atoms with Gasteiger partial charge in [0.2, 0.25) is 0 Å². The number of sulfone groups is 1. The number of para-hydroxylation sites is 1. The molecule has 2 aromatic rings. The van der Waals surface area contributed by atoms with Crippen LogP contribution in [0.25, 0.3) is 0 Å². The number of carbonyl (C=O) groups is 1. The zero-order chi connectivity index (χ0) is 17.3. The van der Waals surface area contributed by atoms with E-state index in [1.165, 1.54) is 4.90 Å². The first-order valence-electron chi connectivity index (χ1n) is 7.41.